The van der Waals surface area contributed by atoms with E-state index in [4.69, 9.17) is 0 Å². The number of carboxylic acid groups (broad SMARTS) is 1. The molecule has 0 saturated heterocycles. The topological polar surface area (TPSA) is 75.4 Å². The van der Waals surface area contributed by atoms with Crippen LogP contribution in [0.15, 0.2) is 42.7 Å². The van der Waals surface area contributed by atoms with Gasteiger partial charge in [0.05, 0.1) is 12.1 Å². The maximum atomic E-state index is 14.1. The Morgan fingerprint density at radius 1 is 1.28 bits per heavy atom. The first-order valence-electron chi connectivity index (χ1n) is 9.72. The molecule has 29 heavy (non-hydrogen) atoms. The minimum atomic E-state index is -0.931. The molecular weight excluding hydrogens is 373 g/mol. The predicted octanol–water partition coefficient (Wildman–Crippen LogP) is 3.55. The molecule has 1 N–H and O–H groups in total. The van der Waals surface area contributed by atoms with E-state index in [1.54, 1.807) is 34.0 Å². The van der Waals surface area contributed by atoms with Crippen molar-refractivity contribution in [1.29, 1.82) is 0 Å². The molecule has 1 aromatic carbocycles. The largest absolute Gasteiger partial charge is 0.481 e. The van der Waals surface area contributed by atoms with Gasteiger partial charge in [0.2, 0.25) is 5.91 Å². The van der Waals surface area contributed by atoms with Crippen LogP contribution in [0, 0.1) is 11.7 Å². The molecule has 1 amide bonds. The van der Waals surface area contributed by atoms with Crippen molar-refractivity contribution in [2.45, 2.75) is 32.7 Å². The molecule has 1 fully saturated rings. The van der Waals surface area contributed by atoms with Crippen LogP contribution in [-0.2, 0) is 22.6 Å². The van der Waals surface area contributed by atoms with Crippen molar-refractivity contribution in [1.82, 2.24) is 14.5 Å². The second-order valence-electron chi connectivity index (χ2n) is 7.37. The van der Waals surface area contributed by atoms with E-state index in [0.717, 1.165) is 18.2 Å². The number of amides is 1. The number of aliphatic carboxylic acids is 1. The van der Waals surface area contributed by atoms with Crippen LogP contribution in [0.25, 0.3) is 16.7 Å². The van der Waals surface area contributed by atoms with Crippen LogP contribution >= 0.6 is 0 Å². The van der Waals surface area contributed by atoms with E-state index in [-0.39, 0.29) is 24.1 Å². The van der Waals surface area contributed by atoms with Crippen LogP contribution in [0.5, 0.6) is 0 Å². The summed E-state index contributed by atoms with van der Waals surface area (Å²) < 4.78 is 15.9. The maximum Gasteiger partial charge on any atom is 0.307 e. The molecular formula is C22H22FN3O3. The molecule has 1 aliphatic rings. The Kier molecular flexibility index (Phi) is 5.05. The van der Waals surface area contributed by atoms with E-state index in [9.17, 15) is 19.1 Å². The number of hydrogen-bond acceptors (Lipinski definition) is 3. The molecule has 4 rings (SSSR count). The van der Waals surface area contributed by atoms with Gasteiger partial charge in [-0.25, -0.2) is 9.37 Å². The molecule has 0 unspecified atom stereocenters. The van der Waals surface area contributed by atoms with Crippen molar-refractivity contribution in [3.05, 3.63) is 59.7 Å². The standard InChI is InChI=1S/C22H22FN3O3/c1-2-25(22(29)14-5-6-14)12-16-10-17(23)7-8-19(16)26-13-15(11-20(27)28)18-4-3-9-24-21(18)26/h3-4,7-10,13-14H,2,5-6,11-12H2,1H3,(H,27,28). The summed E-state index contributed by atoms with van der Waals surface area (Å²) in [5.41, 5.74) is 2.59. The molecule has 0 spiro atoms. The van der Waals surface area contributed by atoms with Gasteiger partial charge in [0.15, 0.2) is 0 Å². The average Bonchev–Trinajstić information content (AvgIpc) is 3.49. The van der Waals surface area contributed by atoms with E-state index in [2.05, 4.69) is 4.98 Å². The van der Waals surface area contributed by atoms with Crippen LogP contribution < -0.4 is 0 Å². The lowest BCUT2D eigenvalue weighted by Gasteiger charge is -2.23. The second-order valence-corrected chi connectivity index (χ2v) is 7.37. The first kappa shape index (κ1) is 19.1. The van der Waals surface area contributed by atoms with Crippen molar-refractivity contribution < 1.29 is 19.1 Å². The third kappa shape index (κ3) is 3.85. The predicted molar refractivity (Wildman–Crippen MR) is 106 cm³/mol. The van der Waals surface area contributed by atoms with Gasteiger partial charge < -0.3 is 14.6 Å². The Bertz CT molecular complexity index is 1090. The highest BCUT2D eigenvalue weighted by atomic mass is 19.1. The fraction of sp³-hybridized carbons (Fsp3) is 0.318. The van der Waals surface area contributed by atoms with Gasteiger partial charge in [0, 0.05) is 36.8 Å². The molecule has 0 bridgehead atoms. The zero-order chi connectivity index (χ0) is 20.5. The lowest BCUT2D eigenvalue weighted by molar-refractivity contribution is -0.136. The number of halogens is 1. The van der Waals surface area contributed by atoms with Crippen molar-refractivity contribution in [3.63, 3.8) is 0 Å². The SMILES string of the molecule is CCN(Cc1cc(F)ccc1-n1cc(CC(=O)O)c2cccnc21)C(=O)C1CC1. The number of carboxylic acids is 1. The number of hydrogen-bond donors (Lipinski definition) is 1. The highest BCUT2D eigenvalue weighted by molar-refractivity contribution is 5.86. The molecule has 1 saturated carbocycles. The summed E-state index contributed by atoms with van der Waals surface area (Å²) >= 11 is 0. The number of nitrogens with zero attached hydrogens (tertiary/aromatic N) is 3. The van der Waals surface area contributed by atoms with E-state index >= 15 is 0 Å². The quantitative estimate of drug-likeness (QED) is 0.664. The number of aromatic nitrogens is 2. The summed E-state index contributed by atoms with van der Waals surface area (Å²) in [6.07, 6.45) is 5.07. The summed E-state index contributed by atoms with van der Waals surface area (Å²) in [6.45, 7) is 2.75. The third-order valence-electron chi connectivity index (χ3n) is 5.27. The average molecular weight is 395 g/mol. The van der Waals surface area contributed by atoms with Gasteiger partial charge >= 0.3 is 5.97 Å². The lowest BCUT2D eigenvalue weighted by atomic mass is 10.1. The van der Waals surface area contributed by atoms with Crippen LogP contribution in [-0.4, -0.2) is 38.0 Å². The number of pyridine rings is 1. The van der Waals surface area contributed by atoms with Gasteiger partial charge in [-0.05, 0) is 61.2 Å². The van der Waals surface area contributed by atoms with Crippen LogP contribution in [0.2, 0.25) is 0 Å². The lowest BCUT2D eigenvalue weighted by Crippen LogP contribution is -2.32. The van der Waals surface area contributed by atoms with Crippen LogP contribution in [0.4, 0.5) is 4.39 Å². The Labute approximate surface area is 167 Å². The van der Waals surface area contributed by atoms with E-state index in [1.165, 1.54) is 12.1 Å². The minimum absolute atomic E-state index is 0.0863. The summed E-state index contributed by atoms with van der Waals surface area (Å²) in [6, 6.07) is 8.04. The molecule has 0 aliphatic heterocycles. The van der Waals surface area contributed by atoms with Crippen molar-refractivity contribution in [2.24, 2.45) is 5.92 Å². The van der Waals surface area contributed by atoms with Gasteiger partial charge in [-0.1, -0.05) is 0 Å². The van der Waals surface area contributed by atoms with E-state index in [0.29, 0.717) is 35.6 Å². The molecule has 1 aliphatic carbocycles. The van der Waals surface area contributed by atoms with Gasteiger partial charge in [-0.3, -0.25) is 9.59 Å². The zero-order valence-electron chi connectivity index (χ0n) is 16.1. The number of carbonyl (C=O) groups excluding carboxylic acids is 1. The number of benzene rings is 1. The zero-order valence-corrected chi connectivity index (χ0v) is 16.1. The molecule has 2 aromatic heterocycles. The monoisotopic (exact) mass is 395 g/mol. The molecule has 150 valence electrons. The Hall–Kier alpha value is -3.22. The fourth-order valence-electron chi connectivity index (χ4n) is 3.67. The van der Waals surface area contributed by atoms with Gasteiger partial charge in [0.25, 0.3) is 0 Å². The van der Waals surface area contributed by atoms with Gasteiger partial charge in [-0.15, -0.1) is 0 Å². The summed E-state index contributed by atoms with van der Waals surface area (Å²) in [4.78, 5) is 30.0. The van der Waals surface area contributed by atoms with Gasteiger partial charge in [0.1, 0.15) is 11.5 Å². The highest BCUT2D eigenvalue weighted by Gasteiger charge is 2.33. The molecule has 0 radical (unpaired) electrons. The first-order valence-corrected chi connectivity index (χ1v) is 9.72. The first-order chi connectivity index (χ1) is 14.0. The Balaban J connectivity index is 1.79. The Morgan fingerprint density at radius 2 is 2.07 bits per heavy atom. The van der Waals surface area contributed by atoms with Crippen LogP contribution in [0.3, 0.4) is 0 Å². The number of rotatable bonds is 7. The Morgan fingerprint density at radius 3 is 2.76 bits per heavy atom. The fourth-order valence-corrected chi connectivity index (χ4v) is 3.67. The molecule has 2 heterocycles. The van der Waals surface area contributed by atoms with Crippen molar-refractivity contribution in [2.75, 3.05) is 6.54 Å². The maximum absolute atomic E-state index is 14.1. The van der Waals surface area contributed by atoms with Crippen LogP contribution in [0.1, 0.15) is 30.9 Å². The van der Waals surface area contributed by atoms with E-state index in [1.807, 2.05) is 13.0 Å². The molecule has 6 nitrogen and oxygen atoms in total. The third-order valence-corrected chi connectivity index (χ3v) is 5.27. The molecule has 0 atom stereocenters. The minimum Gasteiger partial charge on any atom is -0.481 e. The molecule has 7 heteroatoms. The van der Waals surface area contributed by atoms with E-state index < -0.39 is 5.97 Å². The number of carbonyl (C=O) groups is 2. The van der Waals surface area contributed by atoms with Crippen molar-refractivity contribution in [3.8, 4) is 5.69 Å². The van der Waals surface area contributed by atoms with Gasteiger partial charge in [-0.2, -0.15) is 0 Å². The normalized spacial score (nSPS) is 13.6. The summed E-state index contributed by atoms with van der Waals surface area (Å²) in [5, 5.41) is 9.99. The second kappa shape index (κ2) is 7.66. The highest BCUT2D eigenvalue weighted by Crippen LogP contribution is 2.32. The molecule has 3 aromatic rings. The van der Waals surface area contributed by atoms with Crippen molar-refractivity contribution >= 4 is 22.9 Å². The summed E-state index contributed by atoms with van der Waals surface area (Å²) in [5.74, 6) is -1.12. The smallest absolute Gasteiger partial charge is 0.307 e. The summed E-state index contributed by atoms with van der Waals surface area (Å²) in [7, 11) is 0. The number of fused-ring (bicyclic) bond motifs is 1.